The van der Waals surface area contributed by atoms with E-state index in [0.717, 1.165) is 6.42 Å². The Morgan fingerprint density at radius 3 is 2.39 bits per heavy atom. The molecule has 1 aliphatic heterocycles. The number of epoxide rings is 1. The first kappa shape index (κ1) is 20.9. The molecule has 5 atom stereocenters. The molecule has 0 radical (unpaired) electrons. The fraction of sp³-hybridized carbons (Fsp3) is 0.773. The topological polar surface area (TPSA) is 82.2 Å². The lowest BCUT2D eigenvalue weighted by Crippen LogP contribution is -2.62. The lowest BCUT2D eigenvalue weighted by atomic mass is 9.51. The molecule has 1 heterocycles. The maximum absolute atomic E-state index is 12.7. The summed E-state index contributed by atoms with van der Waals surface area (Å²) in [6, 6.07) is 0. The molecule has 3 rings (SSSR count). The molecule has 0 N–H and O–H groups in total. The number of esters is 2. The summed E-state index contributed by atoms with van der Waals surface area (Å²) in [5.41, 5.74) is -0.752. The van der Waals surface area contributed by atoms with Gasteiger partial charge in [-0.25, -0.2) is 4.79 Å². The Labute approximate surface area is 167 Å². The van der Waals surface area contributed by atoms with E-state index in [0.29, 0.717) is 43.0 Å². The average molecular weight is 392 g/mol. The second kappa shape index (κ2) is 7.20. The van der Waals surface area contributed by atoms with E-state index in [2.05, 4.69) is 20.8 Å². The molecule has 0 aromatic rings. The van der Waals surface area contributed by atoms with Crippen molar-refractivity contribution in [1.82, 2.24) is 0 Å². The van der Waals surface area contributed by atoms with Crippen molar-refractivity contribution in [2.45, 2.75) is 78.9 Å². The number of carbonyl (C=O) groups is 3. The van der Waals surface area contributed by atoms with Crippen LogP contribution in [0.2, 0.25) is 0 Å². The number of hydrogen-bond donors (Lipinski definition) is 0. The molecule has 3 aliphatic rings. The Morgan fingerprint density at radius 2 is 1.86 bits per heavy atom. The largest absolute Gasteiger partial charge is 0.486 e. The molecule has 28 heavy (non-hydrogen) atoms. The van der Waals surface area contributed by atoms with E-state index in [4.69, 9.17) is 14.2 Å². The molecular formula is C22H32O6. The van der Waals surface area contributed by atoms with E-state index in [-0.39, 0.29) is 23.2 Å². The second-order valence-electron chi connectivity index (χ2n) is 9.48. The van der Waals surface area contributed by atoms with Crippen molar-refractivity contribution in [3.63, 3.8) is 0 Å². The van der Waals surface area contributed by atoms with Gasteiger partial charge in [0.25, 0.3) is 0 Å². The van der Waals surface area contributed by atoms with Crippen LogP contribution in [0.3, 0.4) is 0 Å². The van der Waals surface area contributed by atoms with Crippen molar-refractivity contribution in [3.8, 4) is 0 Å². The van der Waals surface area contributed by atoms with Gasteiger partial charge in [-0.2, -0.15) is 0 Å². The molecule has 6 heteroatoms. The molecular weight excluding hydrogens is 360 g/mol. The Morgan fingerprint density at radius 1 is 1.21 bits per heavy atom. The van der Waals surface area contributed by atoms with Gasteiger partial charge in [0.2, 0.25) is 0 Å². The van der Waals surface area contributed by atoms with Gasteiger partial charge in [-0.05, 0) is 44.4 Å². The Kier molecular flexibility index (Phi) is 5.36. The zero-order valence-corrected chi connectivity index (χ0v) is 17.8. The molecule has 2 aliphatic carbocycles. The molecule has 0 aromatic carbocycles. The molecule has 0 spiro atoms. The quantitative estimate of drug-likeness (QED) is 0.413. The van der Waals surface area contributed by atoms with Crippen molar-refractivity contribution in [3.05, 3.63) is 11.3 Å². The first-order valence-electron chi connectivity index (χ1n) is 10.2. The lowest BCUT2D eigenvalue weighted by molar-refractivity contribution is -0.222. The monoisotopic (exact) mass is 392 g/mol. The number of ketones is 1. The Bertz CT molecular complexity index is 717. The number of fused-ring (bicyclic) bond motifs is 1. The van der Waals surface area contributed by atoms with E-state index < -0.39 is 23.6 Å². The standard InChI is InChI=1S/C22H32O6/c1-12(2)15-9-18-21(5,10-16(15)24)8-7-19(22(18,6)28-14(4)23)27-20(25)13(3)17-11-26-17/h12,15,18-19H,7-11H2,1-6H3/b17-13-/t15-,18?,19-,21-,22+/m1/s1. The number of carbonyl (C=O) groups excluding carboxylic acids is 3. The highest BCUT2D eigenvalue weighted by molar-refractivity contribution is 5.89. The summed E-state index contributed by atoms with van der Waals surface area (Å²) >= 11 is 0. The van der Waals surface area contributed by atoms with Gasteiger partial charge in [0.1, 0.15) is 29.9 Å². The predicted molar refractivity (Wildman–Crippen MR) is 102 cm³/mol. The van der Waals surface area contributed by atoms with Crippen LogP contribution in [0.1, 0.15) is 67.2 Å². The van der Waals surface area contributed by atoms with E-state index in [1.165, 1.54) is 6.92 Å². The molecule has 0 bridgehead atoms. The van der Waals surface area contributed by atoms with Gasteiger partial charge in [0, 0.05) is 25.2 Å². The van der Waals surface area contributed by atoms with Crippen LogP contribution in [0.4, 0.5) is 0 Å². The maximum atomic E-state index is 12.7. The van der Waals surface area contributed by atoms with Crippen LogP contribution in [0, 0.1) is 23.2 Å². The molecule has 1 unspecified atom stereocenters. The van der Waals surface area contributed by atoms with Crippen LogP contribution < -0.4 is 0 Å². The zero-order chi connectivity index (χ0) is 20.9. The fourth-order valence-corrected chi connectivity index (χ4v) is 5.33. The molecule has 0 aromatic heterocycles. The van der Waals surface area contributed by atoms with Crippen molar-refractivity contribution >= 4 is 17.7 Å². The minimum Gasteiger partial charge on any atom is -0.486 e. The highest BCUT2D eigenvalue weighted by Crippen LogP contribution is 2.57. The summed E-state index contributed by atoms with van der Waals surface area (Å²) in [4.78, 5) is 37.3. The second-order valence-corrected chi connectivity index (χ2v) is 9.48. The predicted octanol–water partition coefficient (Wildman–Crippen LogP) is 3.58. The van der Waals surface area contributed by atoms with Gasteiger partial charge in [0.15, 0.2) is 0 Å². The third-order valence-electron chi connectivity index (χ3n) is 7.06. The fourth-order valence-electron chi connectivity index (χ4n) is 5.33. The summed E-state index contributed by atoms with van der Waals surface area (Å²) < 4.78 is 16.8. The Balaban J connectivity index is 1.92. The first-order valence-corrected chi connectivity index (χ1v) is 10.2. The van der Waals surface area contributed by atoms with Crippen LogP contribution in [-0.2, 0) is 28.6 Å². The third-order valence-corrected chi connectivity index (χ3v) is 7.06. The van der Waals surface area contributed by atoms with Crippen molar-refractivity contribution in [1.29, 1.82) is 0 Å². The number of ether oxygens (including phenoxy) is 3. The minimum absolute atomic E-state index is 0.0503. The third kappa shape index (κ3) is 3.70. The summed E-state index contributed by atoms with van der Waals surface area (Å²) in [5.74, 6) is 0.235. The van der Waals surface area contributed by atoms with Crippen LogP contribution >= 0.6 is 0 Å². The van der Waals surface area contributed by atoms with Crippen molar-refractivity contribution in [2.24, 2.45) is 23.2 Å². The highest BCUT2D eigenvalue weighted by atomic mass is 16.6. The van der Waals surface area contributed by atoms with Crippen LogP contribution in [-0.4, -0.2) is 36.0 Å². The number of hydrogen-bond acceptors (Lipinski definition) is 6. The van der Waals surface area contributed by atoms with Crippen LogP contribution in [0.15, 0.2) is 11.3 Å². The number of rotatable bonds is 4. The maximum Gasteiger partial charge on any atom is 0.337 e. The summed E-state index contributed by atoms with van der Waals surface area (Å²) in [6.07, 6.45) is 1.90. The van der Waals surface area contributed by atoms with E-state index in [1.54, 1.807) is 6.92 Å². The summed E-state index contributed by atoms with van der Waals surface area (Å²) in [5, 5.41) is 0. The molecule has 0 amide bonds. The molecule has 2 saturated carbocycles. The van der Waals surface area contributed by atoms with E-state index >= 15 is 0 Å². The summed E-state index contributed by atoms with van der Waals surface area (Å²) in [7, 11) is 0. The minimum atomic E-state index is -0.961. The molecule has 3 fully saturated rings. The smallest absolute Gasteiger partial charge is 0.337 e. The van der Waals surface area contributed by atoms with E-state index in [1.807, 2.05) is 6.92 Å². The normalized spacial score (nSPS) is 39.0. The molecule has 156 valence electrons. The Hall–Kier alpha value is -1.85. The van der Waals surface area contributed by atoms with Crippen LogP contribution in [0.25, 0.3) is 0 Å². The first-order chi connectivity index (χ1) is 13.0. The molecule has 6 nitrogen and oxygen atoms in total. The van der Waals surface area contributed by atoms with E-state index in [9.17, 15) is 14.4 Å². The van der Waals surface area contributed by atoms with Gasteiger partial charge in [0.05, 0.1) is 5.57 Å². The molecule has 1 saturated heterocycles. The zero-order valence-electron chi connectivity index (χ0n) is 17.8. The van der Waals surface area contributed by atoms with Gasteiger partial charge in [-0.15, -0.1) is 0 Å². The highest BCUT2D eigenvalue weighted by Gasteiger charge is 2.61. The van der Waals surface area contributed by atoms with Crippen molar-refractivity contribution < 1.29 is 28.6 Å². The van der Waals surface area contributed by atoms with Gasteiger partial charge >= 0.3 is 11.9 Å². The van der Waals surface area contributed by atoms with Crippen molar-refractivity contribution in [2.75, 3.05) is 6.61 Å². The average Bonchev–Trinajstić information content (AvgIpc) is 3.40. The number of Topliss-reactive ketones (excluding diaryl/α,β-unsaturated/α-hetero) is 1. The van der Waals surface area contributed by atoms with Gasteiger partial charge in [-0.3, -0.25) is 9.59 Å². The summed E-state index contributed by atoms with van der Waals surface area (Å²) in [6.45, 7) is 11.6. The lowest BCUT2D eigenvalue weighted by Gasteiger charge is -2.57. The van der Waals surface area contributed by atoms with Crippen LogP contribution in [0.5, 0.6) is 0 Å². The van der Waals surface area contributed by atoms with Gasteiger partial charge < -0.3 is 14.2 Å². The van der Waals surface area contributed by atoms with Gasteiger partial charge in [-0.1, -0.05) is 20.8 Å². The SMILES string of the molecule is CC(=O)O[C@@]1(C)C2C[C@H](C(C)C)C(=O)C[C@@]2(C)CC[C@H]1OC(=O)/C(C)=C1/CO1.